The van der Waals surface area contributed by atoms with Crippen LogP contribution in [-0.4, -0.2) is 25.6 Å². The fourth-order valence-corrected chi connectivity index (χ4v) is 2.70. The predicted octanol–water partition coefficient (Wildman–Crippen LogP) is 2.93. The first-order valence-corrected chi connectivity index (χ1v) is 7.35. The van der Waals surface area contributed by atoms with Crippen LogP contribution in [0.4, 0.5) is 5.69 Å². The Morgan fingerprint density at radius 2 is 2.16 bits per heavy atom. The molecule has 0 heterocycles. The third kappa shape index (κ3) is 4.13. The van der Waals surface area contributed by atoms with Crippen molar-refractivity contribution in [1.29, 1.82) is 0 Å². The average Bonchev–Trinajstić information content (AvgIpc) is 2.89. The number of amides is 1. The predicted molar refractivity (Wildman–Crippen MR) is 79.6 cm³/mol. The third-order valence-electron chi connectivity index (χ3n) is 3.32. The molecule has 0 spiro atoms. The molecule has 0 aromatic heterocycles. The lowest BCUT2D eigenvalue weighted by Crippen LogP contribution is -2.36. The zero-order valence-electron chi connectivity index (χ0n) is 11.0. The average molecular weight is 327 g/mol. The molecule has 1 aliphatic rings. The summed E-state index contributed by atoms with van der Waals surface area (Å²) in [5.74, 6) is 0.769. The Morgan fingerprint density at radius 1 is 1.42 bits per heavy atom. The van der Waals surface area contributed by atoms with Crippen LogP contribution < -0.4 is 15.4 Å². The largest absolute Gasteiger partial charge is 0.495 e. The van der Waals surface area contributed by atoms with E-state index in [4.69, 9.17) is 4.74 Å². The highest BCUT2D eigenvalue weighted by Crippen LogP contribution is 2.27. The summed E-state index contributed by atoms with van der Waals surface area (Å²) >= 11 is 3.41. The molecule has 104 valence electrons. The van der Waals surface area contributed by atoms with E-state index in [2.05, 4.69) is 26.6 Å². The van der Waals surface area contributed by atoms with Gasteiger partial charge >= 0.3 is 0 Å². The number of rotatable bonds is 5. The van der Waals surface area contributed by atoms with Gasteiger partial charge in [-0.2, -0.15) is 0 Å². The van der Waals surface area contributed by atoms with Gasteiger partial charge in [0, 0.05) is 10.5 Å². The van der Waals surface area contributed by atoms with Crippen LogP contribution in [0.25, 0.3) is 0 Å². The van der Waals surface area contributed by atoms with Crippen LogP contribution in [-0.2, 0) is 4.79 Å². The van der Waals surface area contributed by atoms with Gasteiger partial charge in [-0.05, 0) is 31.0 Å². The van der Waals surface area contributed by atoms with Gasteiger partial charge < -0.3 is 15.4 Å². The third-order valence-corrected chi connectivity index (χ3v) is 3.81. The summed E-state index contributed by atoms with van der Waals surface area (Å²) in [5, 5.41) is 6.16. The van der Waals surface area contributed by atoms with E-state index < -0.39 is 0 Å². The molecule has 0 unspecified atom stereocenters. The Labute approximate surface area is 122 Å². The Balaban J connectivity index is 1.87. The van der Waals surface area contributed by atoms with Crippen LogP contribution >= 0.6 is 15.9 Å². The first-order chi connectivity index (χ1) is 9.19. The summed E-state index contributed by atoms with van der Waals surface area (Å²) in [4.78, 5) is 11.8. The summed E-state index contributed by atoms with van der Waals surface area (Å²) in [5.41, 5.74) is 0.818. The smallest absolute Gasteiger partial charge is 0.239 e. The lowest BCUT2D eigenvalue weighted by atomic mass is 10.2. The molecule has 0 bridgehead atoms. The highest BCUT2D eigenvalue weighted by molar-refractivity contribution is 9.10. The van der Waals surface area contributed by atoms with E-state index in [1.54, 1.807) is 7.11 Å². The second-order valence-corrected chi connectivity index (χ2v) is 5.66. The van der Waals surface area contributed by atoms with Gasteiger partial charge in [-0.25, -0.2) is 0 Å². The van der Waals surface area contributed by atoms with E-state index in [0.717, 1.165) is 28.8 Å². The Morgan fingerprint density at radius 3 is 2.84 bits per heavy atom. The SMILES string of the molecule is COc1ccc(Br)cc1NCC(=O)NC1CCCC1. The van der Waals surface area contributed by atoms with Crippen LogP contribution in [0.1, 0.15) is 25.7 Å². The first-order valence-electron chi connectivity index (χ1n) is 6.56. The van der Waals surface area contributed by atoms with Crippen molar-refractivity contribution in [3.05, 3.63) is 22.7 Å². The maximum absolute atomic E-state index is 11.8. The number of hydrogen-bond donors (Lipinski definition) is 2. The number of carbonyl (C=O) groups excluding carboxylic acids is 1. The molecule has 0 atom stereocenters. The van der Waals surface area contributed by atoms with Crippen molar-refractivity contribution in [1.82, 2.24) is 5.32 Å². The molecule has 1 aliphatic carbocycles. The minimum atomic E-state index is 0.0360. The zero-order chi connectivity index (χ0) is 13.7. The standard InChI is InChI=1S/C14H19BrN2O2/c1-19-13-7-6-10(15)8-12(13)16-9-14(18)17-11-4-2-3-5-11/h6-8,11,16H,2-5,9H2,1H3,(H,17,18). The number of methoxy groups -OCH3 is 1. The minimum absolute atomic E-state index is 0.0360. The van der Waals surface area contributed by atoms with Crippen LogP contribution in [0.15, 0.2) is 22.7 Å². The molecule has 0 saturated heterocycles. The van der Waals surface area contributed by atoms with Crippen molar-refractivity contribution < 1.29 is 9.53 Å². The van der Waals surface area contributed by atoms with E-state index in [0.29, 0.717) is 6.04 Å². The quantitative estimate of drug-likeness (QED) is 0.874. The first kappa shape index (κ1) is 14.2. The summed E-state index contributed by atoms with van der Waals surface area (Å²) in [6.45, 7) is 0.267. The summed E-state index contributed by atoms with van der Waals surface area (Å²) < 4.78 is 6.20. The normalized spacial score (nSPS) is 15.3. The molecule has 4 nitrogen and oxygen atoms in total. The number of ether oxygens (including phenoxy) is 1. The van der Waals surface area contributed by atoms with Crippen molar-refractivity contribution in [2.75, 3.05) is 19.0 Å². The molecule has 0 aliphatic heterocycles. The second-order valence-electron chi connectivity index (χ2n) is 4.75. The Bertz CT molecular complexity index is 445. The van der Waals surface area contributed by atoms with Gasteiger partial charge in [0.2, 0.25) is 5.91 Å². The number of nitrogens with one attached hydrogen (secondary N) is 2. The van der Waals surface area contributed by atoms with Crippen molar-refractivity contribution in [3.8, 4) is 5.75 Å². The summed E-state index contributed by atoms with van der Waals surface area (Å²) in [6, 6.07) is 6.03. The second kappa shape index (κ2) is 6.80. The minimum Gasteiger partial charge on any atom is -0.495 e. The monoisotopic (exact) mass is 326 g/mol. The maximum Gasteiger partial charge on any atom is 0.239 e. The van der Waals surface area contributed by atoms with E-state index in [1.807, 2.05) is 18.2 Å². The van der Waals surface area contributed by atoms with Crippen molar-refractivity contribution in [2.24, 2.45) is 0 Å². The Kier molecular flexibility index (Phi) is 5.07. The fourth-order valence-electron chi connectivity index (χ4n) is 2.34. The maximum atomic E-state index is 11.8. The van der Waals surface area contributed by atoms with E-state index >= 15 is 0 Å². The van der Waals surface area contributed by atoms with E-state index in [9.17, 15) is 4.79 Å². The Hall–Kier alpha value is -1.23. The van der Waals surface area contributed by atoms with Gasteiger partial charge in [0.05, 0.1) is 19.3 Å². The number of anilines is 1. The molecular weight excluding hydrogens is 308 g/mol. The molecule has 19 heavy (non-hydrogen) atoms. The van der Waals surface area contributed by atoms with Gasteiger partial charge in [0.15, 0.2) is 0 Å². The highest BCUT2D eigenvalue weighted by Gasteiger charge is 2.17. The molecule has 1 aromatic rings. The van der Waals surface area contributed by atoms with E-state index in [1.165, 1.54) is 12.8 Å². The molecule has 2 N–H and O–H groups in total. The van der Waals surface area contributed by atoms with Crippen molar-refractivity contribution in [3.63, 3.8) is 0 Å². The summed E-state index contributed by atoms with van der Waals surface area (Å²) in [6.07, 6.45) is 4.65. The van der Waals surface area contributed by atoms with Crippen molar-refractivity contribution >= 4 is 27.5 Å². The van der Waals surface area contributed by atoms with Crippen molar-refractivity contribution in [2.45, 2.75) is 31.7 Å². The van der Waals surface area contributed by atoms with Gasteiger partial charge in [0.1, 0.15) is 5.75 Å². The molecular formula is C14H19BrN2O2. The number of benzene rings is 1. The van der Waals surface area contributed by atoms with Gasteiger partial charge in [-0.15, -0.1) is 0 Å². The van der Waals surface area contributed by atoms with Crippen LogP contribution in [0, 0.1) is 0 Å². The van der Waals surface area contributed by atoms with Gasteiger partial charge in [-0.3, -0.25) is 4.79 Å². The fraction of sp³-hybridized carbons (Fsp3) is 0.500. The lowest BCUT2D eigenvalue weighted by Gasteiger charge is -2.14. The molecule has 0 radical (unpaired) electrons. The number of carbonyl (C=O) groups is 1. The molecule has 2 rings (SSSR count). The van der Waals surface area contributed by atoms with Crippen LogP contribution in [0.5, 0.6) is 5.75 Å². The highest BCUT2D eigenvalue weighted by atomic mass is 79.9. The molecule has 5 heteroatoms. The van der Waals surface area contributed by atoms with Crippen LogP contribution in [0.2, 0.25) is 0 Å². The molecule has 1 saturated carbocycles. The van der Waals surface area contributed by atoms with Crippen LogP contribution in [0.3, 0.4) is 0 Å². The lowest BCUT2D eigenvalue weighted by molar-refractivity contribution is -0.120. The summed E-state index contributed by atoms with van der Waals surface area (Å²) in [7, 11) is 1.62. The number of hydrogen-bond acceptors (Lipinski definition) is 3. The van der Waals surface area contributed by atoms with Gasteiger partial charge in [-0.1, -0.05) is 28.8 Å². The van der Waals surface area contributed by atoms with E-state index in [-0.39, 0.29) is 12.5 Å². The molecule has 1 amide bonds. The number of halogens is 1. The molecule has 1 aromatic carbocycles. The zero-order valence-corrected chi connectivity index (χ0v) is 12.6. The topological polar surface area (TPSA) is 50.4 Å². The van der Waals surface area contributed by atoms with Gasteiger partial charge in [0.25, 0.3) is 0 Å². The molecule has 1 fully saturated rings.